The molecule has 5 aliphatic heterocycles. The average molecular weight is 2210 g/mol. The van der Waals surface area contributed by atoms with Gasteiger partial charge in [-0.05, 0) is 283 Å². The number of benzene rings is 9. The third kappa shape index (κ3) is 27.3. The van der Waals surface area contributed by atoms with Gasteiger partial charge in [-0.2, -0.15) is 0 Å². The van der Waals surface area contributed by atoms with Crippen LogP contribution in [0.3, 0.4) is 0 Å². The lowest BCUT2D eigenvalue weighted by atomic mass is 9.92. The number of rotatable bonds is 34. The predicted octanol–water partition coefficient (Wildman–Crippen LogP) is 17.8. The van der Waals surface area contributed by atoms with Gasteiger partial charge in [-0.15, -0.1) is 0 Å². The number of halogens is 5. The molecule has 1 saturated heterocycles. The molecule has 11 N–H and O–H groups in total. The highest BCUT2D eigenvalue weighted by atomic mass is 35.5. The van der Waals surface area contributed by atoms with Crippen LogP contribution in [0.15, 0.2) is 194 Å². The van der Waals surface area contributed by atoms with Gasteiger partial charge in [-0.1, -0.05) is 107 Å². The van der Waals surface area contributed by atoms with E-state index in [0.29, 0.717) is 119 Å². The second-order valence-corrected chi connectivity index (χ2v) is 46.2. The van der Waals surface area contributed by atoms with Crippen LogP contribution in [0.5, 0.6) is 28.7 Å². The highest BCUT2D eigenvalue weighted by Crippen LogP contribution is 2.46. The van der Waals surface area contributed by atoms with Crippen molar-refractivity contribution in [2.75, 3.05) is 117 Å². The maximum absolute atomic E-state index is 13.5. The van der Waals surface area contributed by atoms with Crippen LogP contribution >= 0.6 is 58.0 Å². The summed E-state index contributed by atoms with van der Waals surface area (Å²) in [4.78, 5) is 75.2. The number of aliphatic hydroxyl groups is 4. The minimum Gasteiger partial charge on any atom is -0.494 e. The number of hydrogen-bond acceptors (Lipinski definition) is 23. The van der Waals surface area contributed by atoms with Gasteiger partial charge >= 0.3 is 24.4 Å². The van der Waals surface area contributed by atoms with E-state index in [0.717, 1.165) is 149 Å². The number of nitrogens with one attached hydrogen (secondary N) is 7. The SMILES string of the molecule is CCOC(=O)N1CCc2c([nH]c3ccc(Cl)cc23)C1c1ccc(OCC(O)CNS(=O)(=O)C(C)C)cc1.CCOC(=O)N1CCc2c([nH]c3ccc(Cl)cc23)C1c1ccc(OCC(O)CNS(=O)(=O)C2CC2)cc1.CCOC(=O)N1CCc2c([nH]c3ccc(Cl)cc23)C1c1ccc(OCC(O)CNS(=O)(=O)CC)cc1.O=C(Oc1ccc(Cl)cc1)N1CCc2c([nH]c3ccc(Cl)cc23)C1c1ccc(OCCCN2CC[C@@H](O)C2)cc1. The van der Waals surface area contributed by atoms with Crippen molar-refractivity contribution in [3.63, 3.8) is 0 Å². The molecule has 9 aromatic carbocycles. The molecule has 13 aromatic rings. The van der Waals surface area contributed by atoms with E-state index >= 15 is 0 Å². The molecule has 0 radical (unpaired) electrons. The molecule has 2 fully saturated rings. The molecule has 0 spiro atoms. The van der Waals surface area contributed by atoms with Gasteiger partial charge in [-0.25, -0.2) is 58.6 Å². The number of aromatic amines is 4. The van der Waals surface area contributed by atoms with Gasteiger partial charge in [0, 0.05) is 157 Å². The summed E-state index contributed by atoms with van der Waals surface area (Å²) in [5.41, 5.74) is 15.6. The van der Waals surface area contributed by atoms with Gasteiger partial charge in [-0.3, -0.25) is 19.6 Å². The summed E-state index contributed by atoms with van der Waals surface area (Å²) in [5.74, 6) is 2.71. The maximum Gasteiger partial charge on any atom is 0.416 e. The number of ether oxygens (including phenoxy) is 8. The molecule has 9 heterocycles. The first-order valence-electron chi connectivity index (χ1n) is 50.1. The van der Waals surface area contributed by atoms with Crippen LogP contribution < -0.4 is 37.9 Å². The fourth-order valence-corrected chi connectivity index (χ4v) is 22.8. The molecule has 7 unspecified atom stereocenters. The van der Waals surface area contributed by atoms with Gasteiger partial charge in [0.15, 0.2) is 0 Å². The second kappa shape index (κ2) is 49.9. The smallest absolute Gasteiger partial charge is 0.416 e. The van der Waals surface area contributed by atoms with E-state index in [2.05, 4.69) is 39.0 Å². The molecule has 8 atom stereocenters. The Morgan fingerprint density at radius 3 is 1.02 bits per heavy atom. The third-order valence-corrected chi connectivity index (χ3v) is 33.2. The highest BCUT2D eigenvalue weighted by molar-refractivity contribution is 7.90. The van der Waals surface area contributed by atoms with Crippen LogP contribution in [0.2, 0.25) is 25.1 Å². The first-order chi connectivity index (χ1) is 72.0. The van der Waals surface area contributed by atoms with Crippen molar-refractivity contribution < 1.29 is 103 Å². The summed E-state index contributed by atoms with van der Waals surface area (Å²) in [5, 5.41) is 46.5. The minimum absolute atomic E-state index is 0.0577. The normalized spacial score (nSPS) is 17.7. The summed E-state index contributed by atoms with van der Waals surface area (Å²) in [6.07, 6.45) is 0.990. The summed E-state index contributed by atoms with van der Waals surface area (Å²) in [7, 11) is -10.2. The molecule has 800 valence electrons. The number of H-pyrrole nitrogens is 4. The Kier molecular flexibility index (Phi) is 36.9. The molecule has 1 saturated carbocycles. The van der Waals surface area contributed by atoms with Crippen LogP contribution in [0.4, 0.5) is 19.2 Å². The number of likely N-dealkylation sites (tertiary alicyclic amines) is 1. The number of carbonyl (C=O) groups is 4. The van der Waals surface area contributed by atoms with Gasteiger partial charge in [0.2, 0.25) is 30.1 Å². The average Bonchev–Trinajstić information content (AvgIpc) is 1.61. The molecule has 4 amide bonds. The van der Waals surface area contributed by atoms with E-state index in [1.54, 1.807) is 115 Å². The van der Waals surface area contributed by atoms with E-state index in [4.69, 9.17) is 95.9 Å². The highest BCUT2D eigenvalue weighted by Gasteiger charge is 2.42. The van der Waals surface area contributed by atoms with Crippen LogP contribution in [0.25, 0.3) is 43.6 Å². The van der Waals surface area contributed by atoms with Crippen molar-refractivity contribution in [3.8, 4) is 28.7 Å². The molecule has 0 bridgehead atoms. The quantitative estimate of drug-likeness (QED) is 0.0132. The molecule has 1 aliphatic carbocycles. The summed E-state index contributed by atoms with van der Waals surface area (Å²) < 4.78 is 123. The lowest BCUT2D eigenvalue weighted by Crippen LogP contribution is -2.42. The molecule has 4 aromatic heterocycles. The van der Waals surface area contributed by atoms with Crippen molar-refractivity contribution in [1.29, 1.82) is 0 Å². The number of aromatic nitrogens is 4. The van der Waals surface area contributed by atoms with Crippen molar-refractivity contribution in [2.24, 2.45) is 0 Å². The van der Waals surface area contributed by atoms with E-state index in [-0.39, 0.29) is 119 Å². The maximum atomic E-state index is 13.5. The monoisotopic (exact) mass is 2210 g/mol. The van der Waals surface area contributed by atoms with Crippen molar-refractivity contribution in [3.05, 3.63) is 287 Å². The molecular formula is C108H123Cl5N12O22S3. The molecule has 150 heavy (non-hydrogen) atoms. The number of fused-ring (bicyclic) bond motifs is 12. The Morgan fingerprint density at radius 1 is 0.393 bits per heavy atom. The number of sulfonamides is 3. The van der Waals surface area contributed by atoms with Crippen molar-refractivity contribution >= 4 is 156 Å². The molecule has 6 aliphatic rings. The van der Waals surface area contributed by atoms with Gasteiger partial charge in [0.1, 0.15) is 91.0 Å². The largest absolute Gasteiger partial charge is 0.494 e. The third-order valence-electron chi connectivity index (χ3n) is 26.9. The standard InChI is InChI=1S/C31H31Cl2N3O4.C26H30ClN3O6S.C26H32ClN3O6S.C25H30ClN3O6S/c32-21-4-9-25(10-5-21)40-31(38)36-16-13-26-27-18-22(33)6-11-28(27)34-29(26)30(36)20-2-7-24(8-3-20)39-17-1-14-35-15-12-23(37)19-35;1-2-35-26(32)30-12-11-21-22-13-17(27)5-10-23(22)29-24(21)25(30)16-3-6-19(7-4-16)36-15-18(31)14-28-37(33,34)20-8-9-20;1-4-35-26(32)30-12-11-21-22-13-18(27)7-10-23(22)29-24(21)25(30)17-5-8-20(9-6-17)36-15-19(31)14-28-37(33,34)16(2)3;1-3-34-25(31)29-12-11-20-21-13-17(26)7-10-22(21)28-23(20)24(29)16-5-8-19(9-6-16)35-15-18(30)14-27-36(32,33)4-2/h2-11,18,23,30,34,37H,1,12-17,19H2;3-7,10,13,18,20,25,28-29,31H,2,8-9,11-12,14-15H2,1H3;5-10,13,16,19,25,28-29,31H,4,11-12,14-15H2,1-3H3;5-10,13,18,24,27-28,30H,3-4,11-12,14-15H2,1-2H3/t23-,30?;;;/m1.../s1. The fourth-order valence-electron chi connectivity index (χ4n) is 19.1. The Morgan fingerprint density at radius 2 is 0.707 bits per heavy atom. The first kappa shape index (κ1) is 111. The van der Waals surface area contributed by atoms with E-state index in [1.807, 2.05) is 133 Å². The molecule has 34 nitrogen and oxygen atoms in total. The van der Waals surface area contributed by atoms with E-state index < -0.39 is 59.7 Å². The minimum atomic E-state index is -3.47. The second-order valence-electron chi connectivity index (χ2n) is 37.5. The lowest BCUT2D eigenvalue weighted by molar-refractivity contribution is 0.0924. The van der Waals surface area contributed by atoms with Crippen LogP contribution in [0.1, 0.15) is 159 Å². The van der Waals surface area contributed by atoms with Crippen LogP contribution in [-0.4, -0.2) is 267 Å². The zero-order chi connectivity index (χ0) is 106. The van der Waals surface area contributed by atoms with Crippen molar-refractivity contribution in [1.82, 2.24) is 58.6 Å². The molecular weight excluding hydrogens is 2090 g/mol. The molecule has 42 heteroatoms. The summed E-state index contributed by atoms with van der Waals surface area (Å²) >= 11 is 31.1. The summed E-state index contributed by atoms with van der Waals surface area (Å²) in [6, 6.07) is 57.9. The number of amides is 4. The number of β-amino-alcohol motifs (C(OH)–C–C–N with tert-alkyl or cyclic N) is 1. The van der Waals surface area contributed by atoms with E-state index in [9.17, 15) is 64.9 Å². The Hall–Kier alpha value is -11.6. The van der Waals surface area contributed by atoms with Crippen LogP contribution in [-0.2, 0) is 70.0 Å². The van der Waals surface area contributed by atoms with Gasteiger partial charge in [0.25, 0.3) is 0 Å². The number of nitrogens with zero attached hydrogens (tertiary/aromatic N) is 5. The predicted molar refractivity (Wildman–Crippen MR) is 578 cm³/mol. The van der Waals surface area contributed by atoms with Gasteiger partial charge in [0.05, 0.1) is 48.8 Å². The topological polar surface area (TPSA) is 441 Å². The van der Waals surface area contributed by atoms with Crippen LogP contribution in [0, 0.1) is 0 Å². The van der Waals surface area contributed by atoms with Crippen molar-refractivity contribution in [2.45, 2.75) is 152 Å². The number of aliphatic hydroxyl groups excluding tert-OH is 4. The van der Waals surface area contributed by atoms with Gasteiger partial charge < -0.3 is 83.2 Å². The Balaban J connectivity index is 0.000000142. The number of hydrogen-bond donors (Lipinski definition) is 11. The Bertz CT molecular complexity index is 7070. The first-order valence-corrected chi connectivity index (χ1v) is 56.7. The molecule has 19 rings (SSSR count). The zero-order valence-electron chi connectivity index (χ0n) is 83.6. The lowest BCUT2D eigenvalue weighted by Gasteiger charge is -2.35. The Labute approximate surface area is 895 Å². The zero-order valence-corrected chi connectivity index (χ0v) is 89.9. The summed E-state index contributed by atoms with van der Waals surface area (Å²) in [6.45, 7) is 15.4. The van der Waals surface area contributed by atoms with E-state index in [1.165, 1.54) is 6.92 Å². The fraction of sp³-hybridized carbons (Fsp3) is 0.389. The number of carbonyl (C=O) groups excluding carboxylic acids is 4.